The molecular formula is C14H15ClN4S2. The molecule has 0 saturated heterocycles. The van der Waals surface area contributed by atoms with E-state index in [1.54, 1.807) is 22.7 Å². The standard InChI is InChI=1S/C14H15ClN4S2/c1-3-8-7-9-11(18-14(15)19-12(9)21-8)17-10(4-2)13-16-5-6-20-13/h5-7,10H,3-4H2,1-2H3,(H,17,18,19). The number of thiophene rings is 1. The van der Waals surface area contributed by atoms with Gasteiger partial charge in [-0.05, 0) is 30.5 Å². The molecule has 0 aliphatic heterocycles. The SMILES string of the molecule is CCc1cc2c(NC(CC)c3nccs3)nc(Cl)nc2s1. The lowest BCUT2D eigenvalue weighted by Crippen LogP contribution is -2.11. The van der Waals surface area contributed by atoms with Gasteiger partial charge in [-0.15, -0.1) is 22.7 Å². The molecule has 3 aromatic heterocycles. The van der Waals surface area contributed by atoms with E-state index in [0.717, 1.165) is 33.9 Å². The molecule has 7 heteroatoms. The highest BCUT2D eigenvalue weighted by Crippen LogP contribution is 2.33. The smallest absolute Gasteiger partial charge is 0.225 e. The fourth-order valence-corrected chi connectivity index (χ4v) is 4.10. The second-order valence-corrected chi connectivity index (χ2v) is 6.98. The van der Waals surface area contributed by atoms with Gasteiger partial charge in [0, 0.05) is 16.5 Å². The number of hydrogen-bond donors (Lipinski definition) is 1. The minimum absolute atomic E-state index is 0.143. The first-order valence-electron chi connectivity index (χ1n) is 6.83. The molecule has 1 N–H and O–H groups in total. The lowest BCUT2D eigenvalue weighted by molar-refractivity contribution is 0.738. The van der Waals surface area contributed by atoms with Crippen LogP contribution in [0.5, 0.6) is 0 Å². The fraction of sp³-hybridized carbons (Fsp3) is 0.357. The number of aryl methyl sites for hydroxylation is 1. The van der Waals surface area contributed by atoms with Crippen LogP contribution < -0.4 is 5.32 Å². The highest BCUT2D eigenvalue weighted by atomic mass is 35.5. The number of halogens is 1. The predicted octanol–water partition coefficient (Wildman–Crippen LogP) is 4.93. The van der Waals surface area contributed by atoms with Crippen molar-refractivity contribution in [2.75, 3.05) is 5.32 Å². The summed E-state index contributed by atoms with van der Waals surface area (Å²) in [5.41, 5.74) is 0. The van der Waals surface area contributed by atoms with Crippen LogP contribution in [0.3, 0.4) is 0 Å². The van der Waals surface area contributed by atoms with Crippen molar-refractivity contribution in [2.24, 2.45) is 0 Å². The summed E-state index contributed by atoms with van der Waals surface area (Å²) in [6, 6.07) is 2.29. The third-order valence-electron chi connectivity index (χ3n) is 3.23. The molecule has 3 rings (SSSR count). The maximum absolute atomic E-state index is 6.06. The molecule has 0 amide bonds. The molecular weight excluding hydrogens is 324 g/mol. The maximum atomic E-state index is 6.06. The molecule has 1 atom stereocenters. The van der Waals surface area contributed by atoms with Crippen molar-refractivity contribution in [1.29, 1.82) is 0 Å². The van der Waals surface area contributed by atoms with Gasteiger partial charge in [0.05, 0.1) is 11.4 Å². The Morgan fingerprint density at radius 3 is 2.86 bits per heavy atom. The molecule has 1 unspecified atom stereocenters. The van der Waals surface area contributed by atoms with E-state index in [2.05, 4.69) is 40.2 Å². The summed E-state index contributed by atoms with van der Waals surface area (Å²) in [5, 5.41) is 7.84. The Morgan fingerprint density at radius 1 is 1.33 bits per heavy atom. The summed E-state index contributed by atoms with van der Waals surface area (Å²) < 4.78 is 0. The van der Waals surface area contributed by atoms with E-state index in [0.29, 0.717) is 0 Å². The molecule has 0 bridgehead atoms. The largest absolute Gasteiger partial charge is 0.360 e. The third-order valence-corrected chi connectivity index (χ3v) is 5.47. The summed E-state index contributed by atoms with van der Waals surface area (Å²) >= 11 is 9.38. The monoisotopic (exact) mass is 338 g/mol. The summed E-state index contributed by atoms with van der Waals surface area (Å²) in [7, 11) is 0. The molecule has 0 aliphatic rings. The molecule has 110 valence electrons. The number of hydrogen-bond acceptors (Lipinski definition) is 6. The lowest BCUT2D eigenvalue weighted by atomic mass is 10.2. The van der Waals surface area contributed by atoms with Crippen molar-refractivity contribution in [1.82, 2.24) is 15.0 Å². The average molecular weight is 339 g/mol. The summed E-state index contributed by atoms with van der Waals surface area (Å²) in [6.07, 6.45) is 3.75. The van der Waals surface area contributed by atoms with Gasteiger partial charge in [0.2, 0.25) is 5.28 Å². The summed E-state index contributed by atoms with van der Waals surface area (Å²) in [4.78, 5) is 15.3. The second kappa shape index (κ2) is 6.25. The average Bonchev–Trinajstić information content (AvgIpc) is 3.13. The van der Waals surface area contributed by atoms with Crippen molar-refractivity contribution in [3.8, 4) is 0 Å². The predicted molar refractivity (Wildman–Crippen MR) is 90.6 cm³/mol. The van der Waals surface area contributed by atoms with Crippen LogP contribution in [0.4, 0.5) is 5.82 Å². The number of fused-ring (bicyclic) bond motifs is 1. The Bertz CT molecular complexity index is 739. The molecule has 0 saturated carbocycles. The minimum Gasteiger partial charge on any atom is -0.360 e. The van der Waals surface area contributed by atoms with Gasteiger partial charge in [-0.2, -0.15) is 0 Å². The Labute approximate surface area is 136 Å². The molecule has 0 aliphatic carbocycles. The molecule has 0 spiro atoms. The summed E-state index contributed by atoms with van der Waals surface area (Å²) in [6.45, 7) is 4.27. The second-order valence-electron chi connectivity index (χ2n) is 4.60. The van der Waals surface area contributed by atoms with Crippen LogP contribution in [-0.4, -0.2) is 15.0 Å². The summed E-state index contributed by atoms with van der Waals surface area (Å²) in [5.74, 6) is 0.794. The van der Waals surface area contributed by atoms with E-state index in [4.69, 9.17) is 11.6 Å². The first-order valence-corrected chi connectivity index (χ1v) is 8.90. The van der Waals surface area contributed by atoms with E-state index < -0.39 is 0 Å². The van der Waals surface area contributed by atoms with Crippen LogP contribution in [0.15, 0.2) is 17.6 Å². The maximum Gasteiger partial charge on any atom is 0.225 e. The molecule has 4 nitrogen and oxygen atoms in total. The van der Waals surface area contributed by atoms with Crippen LogP contribution in [0.2, 0.25) is 5.28 Å². The molecule has 21 heavy (non-hydrogen) atoms. The Morgan fingerprint density at radius 2 is 2.19 bits per heavy atom. The van der Waals surface area contributed by atoms with Crippen molar-refractivity contribution < 1.29 is 0 Å². The zero-order valence-corrected chi connectivity index (χ0v) is 14.1. The number of nitrogens with one attached hydrogen (secondary N) is 1. The third kappa shape index (κ3) is 3.02. The highest BCUT2D eigenvalue weighted by Gasteiger charge is 2.16. The van der Waals surface area contributed by atoms with Crippen LogP contribution in [0.25, 0.3) is 10.2 Å². The van der Waals surface area contributed by atoms with Gasteiger partial charge < -0.3 is 5.32 Å². The van der Waals surface area contributed by atoms with Crippen molar-refractivity contribution in [3.63, 3.8) is 0 Å². The molecule has 0 aromatic carbocycles. The van der Waals surface area contributed by atoms with Crippen LogP contribution in [0, 0.1) is 0 Å². The molecule has 0 radical (unpaired) electrons. The van der Waals surface area contributed by atoms with Crippen LogP contribution in [0.1, 0.15) is 36.2 Å². The normalized spacial score (nSPS) is 12.7. The zero-order chi connectivity index (χ0) is 14.8. The Kier molecular flexibility index (Phi) is 4.37. The quantitative estimate of drug-likeness (QED) is 0.670. The van der Waals surface area contributed by atoms with Gasteiger partial charge in [-0.25, -0.2) is 15.0 Å². The number of thiazole rings is 1. The number of nitrogens with zero attached hydrogens (tertiary/aromatic N) is 3. The van der Waals surface area contributed by atoms with Gasteiger partial charge >= 0.3 is 0 Å². The highest BCUT2D eigenvalue weighted by molar-refractivity contribution is 7.18. The Hall–Kier alpha value is -1.24. The molecule has 0 fully saturated rings. The van der Waals surface area contributed by atoms with Gasteiger partial charge in [0.25, 0.3) is 0 Å². The van der Waals surface area contributed by atoms with Gasteiger partial charge in [-0.3, -0.25) is 0 Å². The first-order chi connectivity index (χ1) is 10.2. The topological polar surface area (TPSA) is 50.7 Å². The first kappa shape index (κ1) is 14.7. The molecule has 3 heterocycles. The zero-order valence-electron chi connectivity index (χ0n) is 11.8. The van der Waals surface area contributed by atoms with E-state index >= 15 is 0 Å². The number of rotatable bonds is 5. The lowest BCUT2D eigenvalue weighted by Gasteiger charge is -2.15. The van der Waals surface area contributed by atoms with Gasteiger partial charge in [0.15, 0.2) is 0 Å². The van der Waals surface area contributed by atoms with E-state index in [9.17, 15) is 0 Å². The fourth-order valence-electron chi connectivity index (χ4n) is 2.14. The van der Waals surface area contributed by atoms with E-state index in [1.165, 1.54) is 4.88 Å². The molecule has 3 aromatic rings. The van der Waals surface area contributed by atoms with Crippen LogP contribution in [-0.2, 0) is 6.42 Å². The minimum atomic E-state index is 0.143. The van der Waals surface area contributed by atoms with E-state index in [1.807, 2.05) is 11.6 Å². The Balaban J connectivity index is 2.00. The van der Waals surface area contributed by atoms with Gasteiger partial charge in [-0.1, -0.05) is 13.8 Å². The van der Waals surface area contributed by atoms with Crippen LogP contribution >= 0.6 is 34.3 Å². The van der Waals surface area contributed by atoms with Crippen molar-refractivity contribution >= 4 is 50.3 Å². The number of aromatic nitrogens is 3. The van der Waals surface area contributed by atoms with Crippen molar-refractivity contribution in [3.05, 3.63) is 32.8 Å². The van der Waals surface area contributed by atoms with E-state index in [-0.39, 0.29) is 11.3 Å². The van der Waals surface area contributed by atoms with Gasteiger partial charge in [0.1, 0.15) is 15.7 Å². The number of anilines is 1. The van der Waals surface area contributed by atoms with Crippen molar-refractivity contribution in [2.45, 2.75) is 32.7 Å².